The lowest BCUT2D eigenvalue weighted by Gasteiger charge is -2.28. The Morgan fingerprint density at radius 2 is 1.78 bits per heavy atom. The van der Waals surface area contributed by atoms with Crippen molar-refractivity contribution in [3.63, 3.8) is 0 Å². The quantitative estimate of drug-likeness (QED) is 0.617. The summed E-state index contributed by atoms with van der Waals surface area (Å²) in [6.07, 6.45) is 1.16. The summed E-state index contributed by atoms with van der Waals surface area (Å²) >= 11 is 0. The van der Waals surface area contributed by atoms with Gasteiger partial charge in [-0.3, -0.25) is 9.59 Å². The third-order valence-corrected chi connectivity index (χ3v) is 5.55. The topological polar surface area (TPSA) is 88.7 Å². The number of hydrogen-bond acceptors (Lipinski definition) is 5. The highest BCUT2D eigenvalue weighted by atomic mass is 35.5. The van der Waals surface area contributed by atoms with Crippen LogP contribution < -0.4 is 25.4 Å². The molecule has 2 heterocycles. The zero-order chi connectivity index (χ0) is 21.8. The van der Waals surface area contributed by atoms with E-state index in [9.17, 15) is 9.59 Å². The largest absolute Gasteiger partial charge is 0.486 e. The Balaban J connectivity index is 0.00000289. The number of anilines is 1. The molecule has 0 aliphatic carbocycles. The van der Waals surface area contributed by atoms with Gasteiger partial charge in [0, 0.05) is 18.3 Å². The molecule has 2 amide bonds. The summed E-state index contributed by atoms with van der Waals surface area (Å²) in [7, 11) is 0. The van der Waals surface area contributed by atoms with Gasteiger partial charge in [-0.25, -0.2) is 0 Å². The maximum atomic E-state index is 13.0. The first kappa shape index (κ1) is 23.9. The number of carbonyl (C=O) groups excluding carboxylic acids is 2. The van der Waals surface area contributed by atoms with Gasteiger partial charge in [0.25, 0.3) is 0 Å². The highest BCUT2D eigenvalue weighted by Crippen LogP contribution is 2.32. The zero-order valence-corrected chi connectivity index (χ0v) is 19.2. The van der Waals surface area contributed by atoms with E-state index in [0.29, 0.717) is 49.8 Å². The number of rotatable bonds is 6. The average molecular weight is 460 g/mol. The van der Waals surface area contributed by atoms with Crippen LogP contribution in [0.2, 0.25) is 0 Å². The maximum Gasteiger partial charge on any atom is 0.246 e. The number of nitrogens with one attached hydrogen (secondary N) is 3. The molecule has 7 nitrogen and oxygen atoms in total. The first-order chi connectivity index (χ1) is 15.0. The molecule has 2 aromatic rings. The minimum absolute atomic E-state index is 0. The highest BCUT2D eigenvalue weighted by Gasteiger charge is 2.29. The highest BCUT2D eigenvalue weighted by molar-refractivity contribution is 5.98. The molecule has 8 heteroatoms. The number of hydrogen-bond donors (Lipinski definition) is 3. The van der Waals surface area contributed by atoms with Crippen LogP contribution in [0, 0.1) is 5.92 Å². The molecule has 0 bridgehead atoms. The maximum absolute atomic E-state index is 13.0. The van der Waals surface area contributed by atoms with Crippen molar-refractivity contribution in [1.82, 2.24) is 10.6 Å². The van der Waals surface area contributed by atoms with Gasteiger partial charge in [0.1, 0.15) is 19.3 Å². The fourth-order valence-corrected chi connectivity index (χ4v) is 3.97. The minimum Gasteiger partial charge on any atom is -0.486 e. The Morgan fingerprint density at radius 3 is 2.53 bits per heavy atom. The summed E-state index contributed by atoms with van der Waals surface area (Å²) in [5.74, 6) is 1.13. The second-order valence-corrected chi connectivity index (χ2v) is 8.44. The molecule has 0 spiro atoms. The van der Waals surface area contributed by atoms with Crippen molar-refractivity contribution < 1.29 is 19.1 Å². The first-order valence-corrected chi connectivity index (χ1v) is 10.8. The predicted molar refractivity (Wildman–Crippen MR) is 125 cm³/mol. The van der Waals surface area contributed by atoms with E-state index in [0.717, 1.165) is 0 Å². The molecular weight excluding hydrogens is 430 g/mol. The fraction of sp³-hybridized carbons (Fsp3) is 0.417. The number of carbonyl (C=O) groups is 2. The lowest BCUT2D eigenvalue weighted by Crippen LogP contribution is -2.53. The number of amides is 2. The van der Waals surface area contributed by atoms with Gasteiger partial charge < -0.3 is 25.4 Å². The van der Waals surface area contributed by atoms with Crippen molar-refractivity contribution in [1.29, 1.82) is 0 Å². The molecule has 2 aliphatic heterocycles. The Bertz CT molecular complexity index is 966. The molecule has 2 unspecified atom stereocenters. The van der Waals surface area contributed by atoms with E-state index >= 15 is 0 Å². The molecule has 2 aliphatic rings. The molecule has 3 N–H and O–H groups in total. The van der Waals surface area contributed by atoms with Crippen LogP contribution in [0.4, 0.5) is 5.69 Å². The summed E-state index contributed by atoms with van der Waals surface area (Å²) in [4.78, 5) is 26.0. The van der Waals surface area contributed by atoms with E-state index in [-0.39, 0.29) is 36.2 Å². The van der Waals surface area contributed by atoms with Gasteiger partial charge in [-0.1, -0.05) is 38.1 Å². The van der Waals surface area contributed by atoms with Crippen molar-refractivity contribution in [3.8, 4) is 11.5 Å². The van der Waals surface area contributed by atoms with Gasteiger partial charge in [-0.2, -0.15) is 0 Å². The van der Waals surface area contributed by atoms with Crippen LogP contribution in [0.1, 0.15) is 31.4 Å². The molecule has 0 saturated carbocycles. The van der Waals surface area contributed by atoms with Crippen molar-refractivity contribution in [2.45, 2.75) is 45.3 Å². The molecule has 0 radical (unpaired) electrons. The Labute approximate surface area is 194 Å². The van der Waals surface area contributed by atoms with Gasteiger partial charge in [-0.05, 0) is 42.0 Å². The summed E-state index contributed by atoms with van der Waals surface area (Å²) in [5.41, 5.74) is 2.99. The molecule has 172 valence electrons. The number of benzene rings is 2. The summed E-state index contributed by atoms with van der Waals surface area (Å²) in [6.45, 7) is 5.71. The van der Waals surface area contributed by atoms with E-state index in [4.69, 9.17) is 9.47 Å². The molecular formula is C24H30ClN3O4. The van der Waals surface area contributed by atoms with Crippen LogP contribution in [0.15, 0.2) is 42.5 Å². The van der Waals surface area contributed by atoms with Crippen LogP contribution in [-0.4, -0.2) is 37.1 Å². The van der Waals surface area contributed by atoms with Crippen molar-refractivity contribution in [2.75, 3.05) is 18.5 Å². The van der Waals surface area contributed by atoms with E-state index in [1.807, 2.05) is 26.0 Å². The predicted octanol–water partition coefficient (Wildman–Crippen LogP) is 3.06. The van der Waals surface area contributed by atoms with Gasteiger partial charge >= 0.3 is 0 Å². The molecule has 2 atom stereocenters. The summed E-state index contributed by atoms with van der Waals surface area (Å²) in [6, 6.07) is 12.4. The molecule has 0 aromatic heterocycles. The summed E-state index contributed by atoms with van der Waals surface area (Å²) in [5, 5.41) is 9.16. The smallest absolute Gasteiger partial charge is 0.246 e. The Hall–Kier alpha value is -2.77. The van der Waals surface area contributed by atoms with Crippen molar-refractivity contribution in [3.05, 3.63) is 53.6 Å². The van der Waals surface area contributed by atoms with Crippen LogP contribution in [-0.2, 0) is 22.6 Å². The SMILES string of the molecule is CC(C)CC(NC(=O)C1Cc2ccccc2CN1)C(=O)Nc1ccc2c(c1)OCCO2.Cl. The van der Waals surface area contributed by atoms with Gasteiger partial charge in [0.2, 0.25) is 11.8 Å². The van der Waals surface area contributed by atoms with Crippen LogP contribution >= 0.6 is 12.4 Å². The van der Waals surface area contributed by atoms with Crippen molar-refractivity contribution in [2.24, 2.45) is 5.92 Å². The molecule has 0 saturated heterocycles. The lowest BCUT2D eigenvalue weighted by atomic mass is 9.95. The first-order valence-electron chi connectivity index (χ1n) is 10.8. The fourth-order valence-electron chi connectivity index (χ4n) is 3.97. The van der Waals surface area contributed by atoms with Crippen molar-refractivity contribution >= 4 is 29.9 Å². The van der Waals surface area contributed by atoms with Crippen LogP contribution in [0.3, 0.4) is 0 Å². The molecule has 32 heavy (non-hydrogen) atoms. The third-order valence-electron chi connectivity index (χ3n) is 5.55. The van der Waals surface area contributed by atoms with E-state index in [1.54, 1.807) is 18.2 Å². The average Bonchev–Trinajstić information content (AvgIpc) is 2.77. The standard InChI is InChI=1S/C24H29N3O4.ClH/c1-15(2)11-20(24(29)26-18-7-8-21-22(13-18)31-10-9-30-21)27-23(28)19-12-16-5-3-4-6-17(16)14-25-19;/h3-8,13,15,19-20,25H,9-12,14H2,1-2H3,(H,26,29)(H,27,28);1H. The monoisotopic (exact) mass is 459 g/mol. The summed E-state index contributed by atoms with van der Waals surface area (Å²) < 4.78 is 11.1. The lowest BCUT2D eigenvalue weighted by molar-refractivity contribution is -0.128. The van der Waals surface area contributed by atoms with E-state index in [1.165, 1.54) is 11.1 Å². The number of fused-ring (bicyclic) bond motifs is 2. The van der Waals surface area contributed by atoms with E-state index in [2.05, 4.69) is 28.1 Å². The minimum atomic E-state index is -0.625. The molecule has 0 fully saturated rings. The second kappa shape index (κ2) is 10.7. The second-order valence-electron chi connectivity index (χ2n) is 8.44. The van der Waals surface area contributed by atoms with E-state index < -0.39 is 6.04 Å². The number of halogens is 1. The van der Waals surface area contributed by atoms with Gasteiger partial charge in [0.15, 0.2) is 11.5 Å². The van der Waals surface area contributed by atoms with Gasteiger partial charge in [0.05, 0.1) is 6.04 Å². The molecule has 4 rings (SSSR count). The zero-order valence-electron chi connectivity index (χ0n) is 18.4. The Morgan fingerprint density at radius 1 is 1.06 bits per heavy atom. The Kier molecular flexibility index (Phi) is 7.99. The molecule has 2 aromatic carbocycles. The third kappa shape index (κ3) is 5.72. The van der Waals surface area contributed by atoms with Crippen LogP contribution in [0.25, 0.3) is 0 Å². The number of ether oxygens (including phenoxy) is 2. The normalized spacial score (nSPS) is 17.5. The van der Waals surface area contributed by atoms with Gasteiger partial charge in [-0.15, -0.1) is 12.4 Å². The van der Waals surface area contributed by atoms with Crippen LogP contribution in [0.5, 0.6) is 11.5 Å².